The maximum atomic E-state index is 14.1. The number of hydrogen-bond donors (Lipinski definition) is 2. The van der Waals surface area contributed by atoms with Gasteiger partial charge >= 0.3 is 0 Å². The highest BCUT2D eigenvalue weighted by molar-refractivity contribution is 7.89. The lowest BCUT2D eigenvalue weighted by molar-refractivity contribution is -0.124. The highest BCUT2D eigenvalue weighted by Gasteiger charge is 2.37. The van der Waals surface area contributed by atoms with Crippen molar-refractivity contribution in [3.05, 3.63) is 54.1 Å². The first kappa shape index (κ1) is 32.2. The summed E-state index contributed by atoms with van der Waals surface area (Å²) in [7, 11) is -7.71. The SMILES string of the molecule is CC(C)CN(C(Cc1ccccc1)[C@H](O)CNC(=O)[C@@H](C)CS(=O)(=O)N1CCCC1)S(=O)(=O)c1ccc2c(c1)OCO2. The number of carbonyl (C=O) groups excluding carboxylic acids is 1. The van der Waals surface area contributed by atoms with Gasteiger partial charge in [-0.2, -0.15) is 4.31 Å². The van der Waals surface area contributed by atoms with E-state index in [4.69, 9.17) is 9.47 Å². The fourth-order valence-electron chi connectivity index (χ4n) is 5.21. The zero-order valence-corrected chi connectivity index (χ0v) is 25.9. The van der Waals surface area contributed by atoms with Crippen LogP contribution in [0.4, 0.5) is 0 Å². The van der Waals surface area contributed by atoms with Crippen LogP contribution in [-0.4, -0.2) is 87.3 Å². The molecule has 4 rings (SSSR count). The lowest BCUT2D eigenvalue weighted by Crippen LogP contribution is -2.53. The molecule has 2 aromatic rings. The maximum Gasteiger partial charge on any atom is 0.243 e. The van der Waals surface area contributed by atoms with Crippen LogP contribution in [0.15, 0.2) is 53.4 Å². The highest BCUT2D eigenvalue weighted by Crippen LogP contribution is 2.35. The van der Waals surface area contributed by atoms with Crippen molar-refractivity contribution in [3.63, 3.8) is 0 Å². The molecular weight excluding hydrogens is 582 g/mol. The van der Waals surface area contributed by atoms with Crippen molar-refractivity contribution in [1.29, 1.82) is 0 Å². The number of fused-ring (bicyclic) bond motifs is 1. The number of carbonyl (C=O) groups is 1. The van der Waals surface area contributed by atoms with Gasteiger partial charge in [-0.1, -0.05) is 51.1 Å². The predicted molar refractivity (Wildman–Crippen MR) is 158 cm³/mol. The van der Waals surface area contributed by atoms with Crippen molar-refractivity contribution in [2.75, 3.05) is 38.7 Å². The van der Waals surface area contributed by atoms with E-state index in [0.717, 1.165) is 18.4 Å². The summed E-state index contributed by atoms with van der Waals surface area (Å²) in [4.78, 5) is 12.9. The Balaban J connectivity index is 1.56. The Kier molecular flexibility index (Phi) is 10.5. The first-order valence-electron chi connectivity index (χ1n) is 14.3. The lowest BCUT2D eigenvalue weighted by Gasteiger charge is -2.35. The second-order valence-electron chi connectivity index (χ2n) is 11.3. The van der Waals surface area contributed by atoms with Crippen LogP contribution in [0.3, 0.4) is 0 Å². The number of ether oxygens (including phenoxy) is 2. The maximum absolute atomic E-state index is 14.1. The highest BCUT2D eigenvalue weighted by atomic mass is 32.2. The predicted octanol–water partition coefficient (Wildman–Crippen LogP) is 2.21. The van der Waals surface area contributed by atoms with Gasteiger partial charge in [0.15, 0.2) is 11.5 Å². The molecular formula is C29H41N3O8S2. The minimum Gasteiger partial charge on any atom is -0.454 e. The summed E-state index contributed by atoms with van der Waals surface area (Å²) in [6.45, 7) is 6.09. The van der Waals surface area contributed by atoms with E-state index in [-0.39, 0.29) is 42.9 Å². The number of hydrogen-bond acceptors (Lipinski definition) is 8. The zero-order chi connectivity index (χ0) is 30.5. The number of amides is 1. The monoisotopic (exact) mass is 623 g/mol. The third-order valence-corrected chi connectivity index (χ3v) is 11.4. The van der Waals surface area contributed by atoms with Crippen LogP contribution in [0.25, 0.3) is 0 Å². The van der Waals surface area contributed by atoms with Gasteiger partial charge in [-0.15, -0.1) is 0 Å². The van der Waals surface area contributed by atoms with E-state index in [9.17, 15) is 26.7 Å². The van der Waals surface area contributed by atoms with Gasteiger partial charge in [-0.3, -0.25) is 4.79 Å². The van der Waals surface area contributed by atoms with E-state index in [1.165, 1.54) is 27.7 Å². The molecule has 11 nitrogen and oxygen atoms in total. The second-order valence-corrected chi connectivity index (χ2v) is 15.2. The molecule has 13 heteroatoms. The number of sulfonamides is 2. The molecule has 1 amide bonds. The van der Waals surface area contributed by atoms with Gasteiger partial charge in [0.25, 0.3) is 0 Å². The van der Waals surface area contributed by atoms with Crippen LogP contribution in [0.2, 0.25) is 0 Å². The quantitative estimate of drug-likeness (QED) is 0.326. The van der Waals surface area contributed by atoms with E-state index in [2.05, 4.69) is 5.32 Å². The molecule has 2 aliphatic heterocycles. The van der Waals surface area contributed by atoms with Gasteiger partial charge in [0.1, 0.15) is 0 Å². The van der Waals surface area contributed by atoms with E-state index in [1.54, 1.807) is 6.07 Å². The van der Waals surface area contributed by atoms with Gasteiger partial charge in [0.05, 0.1) is 28.7 Å². The van der Waals surface area contributed by atoms with E-state index >= 15 is 0 Å². The number of aliphatic hydroxyl groups excluding tert-OH is 1. The van der Waals surface area contributed by atoms with Crippen molar-refractivity contribution < 1.29 is 36.2 Å². The number of rotatable bonds is 14. The molecule has 42 heavy (non-hydrogen) atoms. The third-order valence-electron chi connectivity index (χ3n) is 7.45. The summed E-state index contributed by atoms with van der Waals surface area (Å²) in [6.07, 6.45) is 0.500. The molecule has 0 aliphatic carbocycles. The fraction of sp³-hybridized carbons (Fsp3) is 0.552. The minimum atomic E-state index is -4.13. The molecule has 3 atom stereocenters. The molecule has 1 unspecified atom stereocenters. The normalized spacial score (nSPS) is 17.9. The molecule has 1 saturated heterocycles. The molecule has 232 valence electrons. The number of nitrogens with one attached hydrogen (secondary N) is 1. The Hall–Kier alpha value is -2.71. The number of aliphatic hydroxyl groups is 1. The first-order chi connectivity index (χ1) is 19.9. The van der Waals surface area contributed by atoms with Crippen LogP contribution < -0.4 is 14.8 Å². The molecule has 0 aromatic heterocycles. The summed E-state index contributed by atoms with van der Waals surface area (Å²) < 4.78 is 67.1. The zero-order valence-electron chi connectivity index (χ0n) is 24.3. The Labute approximate surface area is 248 Å². The Bertz CT molecular complexity index is 1430. The van der Waals surface area contributed by atoms with Gasteiger partial charge in [0, 0.05) is 32.2 Å². The van der Waals surface area contributed by atoms with Crippen molar-refractivity contribution in [1.82, 2.24) is 13.9 Å². The number of benzene rings is 2. The molecule has 2 aromatic carbocycles. The van der Waals surface area contributed by atoms with E-state index < -0.39 is 44.0 Å². The summed E-state index contributed by atoms with van der Waals surface area (Å²) >= 11 is 0. The lowest BCUT2D eigenvalue weighted by atomic mass is 10.00. The summed E-state index contributed by atoms with van der Waals surface area (Å²) in [6, 6.07) is 12.7. The van der Waals surface area contributed by atoms with Crippen LogP contribution >= 0.6 is 0 Å². The third kappa shape index (κ3) is 7.81. The van der Waals surface area contributed by atoms with Gasteiger partial charge in [0.2, 0.25) is 32.7 Å². The Morgan fingerprint density at radius 2 is 1.67 bits per heavy atom. The summed E-state index contributed by atoms with van der Waals surface area (Å²) in [5, 5.41) is 14.1. The van der Waals surface area contributed by atoms with E-state index in [1.807, 2.05) is 44.2 Å². The van der Waals surface area contributed by atoms with E-state index in [0.29, 0.717) is 24.6 Å². The van der Waals surface area contributed by atoms with Gasteiger partial charge in [-0.25, -0.2) is 21.1 Å². The molecule has 0 spiro atoms. The van der Waals surface area contributed by atoms with Crippen LogP contribution in [0.5, 0.6) is 11.5 Å². The van der Waals surface area contributed by atoms with Crippen molar-refractivity contribution >= 4 is 26.0 Å². The van der Waals surface area contributed by atoms with Crippen LogP contribution in [0, 0.1) is 11.8 Å². The number of nitrogens with zero attached hydrogens (tertiary/aromatic N) is 2. The smallest absolute Gasteiger partial charge is 0.243 e. The summed E-state index contributed by atoms with van der Waals surface area (Å²) in [5.41, 5.74) is 0.813. The largest absolute Gasteiger partial charge is 0.454 e. The average Bonchev–Trinajstić information content (AvgIpc) is 3.66. The van der Waals surface area contributed by atoms with Gasteiger partial charge in [-0.05, 0) is 42.9 Å². The Morgan fingerprint density at radius 3 is 2.33 bits per heavy atom. The molecule has 2 heterocycles. The topological polar surface area (TPSA) is 143 Å². The molecule has 0 saturated carbocycles. The fourth-order valence-corrected chi connectivity index (χ4v) is 8.85. The molecule has 2 N–H and O–H groups in total. The molecule has 1 fully saturated rings. The van der Waals surface area contributed by atoms with Crippen molar-refractivity contribution in [2.24, 2.45) is 11.8 Å². The molecule has 0 radical (unpaired) electrons. The average molecular weight is 624 g/mol. The Morgan fingerprint density at radius 1 is 1.00 bits per heavy atom. The first-order valence-corrected chi connectivity index (χ1v) is 17.3. The van der Waals surface area contributed by atoms with Crippen LogP contribution in [-0.2, 0) is 31.3 Å². The second kappa shape index (κ2) is 13.7. The minimum absolute atomic E-state index is 0.00133. The van der Waals surface area contributed by atoms with Crippen molar-refractivity contribution in [3.8, 4) is 11.5 Å². The standard InChI is InChI=1S/C29H41N3O8S2/c1-21(2)18-32(42(37,38)24-11-12-27-28(16-24)40-20-39-27)25(15-23-9-5-4-6-10-23)26(33)17-30-29(34)22(3)19-41(35,36)31-13-7-8-14-31/h4-6,9-12,16,21-22,25-26,33H,7-8,13-15,17-20H2,1-3H3,(H,30,34)/t22-,25?,26+/m0/s1. The molecule has 0 bridgehead atoms. The van der Waals surface area contributed by atoms with Crippen LogP contribution in [0.1, 0.15) is 39.2 Å². The molecule has 2 aliphatic rings. The van der Waals surface area contributed by atoms with Gasteiger partial charge < -0.3 is 19.9 Å². The van der Waals surface area contributed by atoms with Crippen molar-refractivity contribution in [2.45, 2.75) is 57.1 Å². The summed E-state index contributed by atoms with van der Waals surface area (Å²) in [5.74, 6) is -1.01.